The summed E-state index contributed by atoms with van der Waals surface area (Å²) in [6, 6.07) is 9.87. The van der Waals surface area contributed by atoms with Gasteiger partial charge in [-0.25, -0.2) is 0 Å². The first-order chi connectivity index (χ1) is 13.3. The first-order valence-electron chi connectivity index (χ1n) is 10.2. The Hall–Kier alpha value is -2.08. The van der Waals surface area contributed by atoms with Crippen LogP contribution < -0.4 is 0 Å². The summed E-state index contributed by atoms with van der Waals surface area (Å²) in [4.78, 5) is 26.9. The summed E-state index contributed by atoms with van der Waals surface area (Å²) in [5, 5.41) is 0. The average molecular weight is 381 g/mol. The van der Waals surface area contributed by atoms with Crippen LogP contribution in [0.5, 0.6) is 0 Å². The lowest BCUT2D eigenvalue weighted by molar-refractivity contribution is -0.160. The van der Waals surface area contributed by atoms with Gasteiger partial charge in [0, 0.05) is 6.04 Å². The smallest absolute Gasteiger partial charge is 0.495 e. The van der Waals surface area contributed by atoms with Crippen molar-refractivity contribution in [2.24, 2.45) is 23.2 Å². The van der Waals surface area contributed by atoms with Gasteiger partial charge >= 0.3 is 19.1 Å². The van der Waals surface area contributed by atoms with Crippen LogP contribution >= 0.6 is 0 Å². The molecule has 0 radical (unpaired) electrons. The fourth-order valence-electron chi connectivity index (χ4n) is 5.42. The van der Waals surface area contributed by atoms with Crippen molar-refractivity contribution in [2.75, 3.05) is 13.1 Å². The van der Waals surface area contributed by atoms with Crippen molar-refractivity contribution in [2.45, 2.75) is 39.7 Å². The van der Waals surface area contributed by atoms with Gasteiger partial charge in [-0.1, -0.05) is 57.2 Å². The number of hydrogen-bond donors (Lipinski definition) is 0. The predicted octanol–water partition coefficient (Wildman–Crippen LogP) is 3.20. The fourth-order valence-corrected chi connectivity index (χ4v) is 5.42. The molecular weight excluding hydrogens is 353 g/mol. The maximum Gasteiger partial charge on any atom is 0.628 e. The molecule has 4 fully saturated rings. The van der Waals surface area contributed by atoms with Crippen molar-refractivity contribution in [3.63, 3.8) is 0 Å². The van der Waals surface area contributed by atoms with Gasteiger partial charge in [0.05, 0.1) is 13.1 Å². The van der Waals surface area contributed by atoms with E-state index in [1.54, 1.807) is 12.1 Å². The Morgan fingerprint density at radius 3 is 2.29 bits per heavy atom. The Balaban J connectivity index is 1.42. The van der Waals surface area contributed by atoms with Crippen molar-refractivity contribution >= 4 is 25.1 Å². The molecule has 1 heterocycles. The largest absolute Gasteiger partial charge is 0.628 e. The van der Waals surface area contributed by atoms with Crippen LogP contribution in [-0.2, 0) is 18.9 Å². The Bertz CT molecular complexity index is 758. The highest BCUT2D eigenvalue weighted by molar-refractivity contribution is 6.55. The quantitative estimate of drug-likeness (QED) is 0.753. The molecule has 0 spiro atoms. The van der Waals surface area contributed by atoms with Gasteiger partial charge in [-0.05, 0) is 47.5 Å². The van der Waals surface area contributed by atoms with Gasteiger partial charge in [-0.15, -0.1) is 0 Å². The van der Waals surface area contributed by atoms with Crippen LogP contribution in [0.4, 0.5) is 0 Å². The van der Waals surface area contributed by atoms with E-state index < -0.39 is 7.12 Å². The molecule has 4 atom stereocenters. The molecule has 148 valence electrons. The number of carbonyl (C=O) groups is 2. The van der Waals surface area contributed by atoms with Crippen LogP contribution in [0.2, 0.25) is 0 Å². The predicted molar refractivity (Wildman–Crippen MR) is 108 cm³/mol. The van der Waals surface area contributed by atoms with Crippen molar-refractivity contribution in [3.8, 4) is 0 Å². The van der Waals surface area contributed by atoms with Crippen LogP contribution in [0.3, 0.4) is 0 Å². The normalized spacial score (nSPS) is 32.9. The number of fused-ring (bicyclic) bond motifs is 2. The summed E-state index contributed by atoms with van der Waals surface area (Å²) in [6.45, 7) is 7.23. The minimum Gasteiger partial charge on any atom is -0.495 e. The third-order valence-corrected chi connectivity index (χ3v) is 7.19. The Morgan fingerprint density at radius 2 is 1.71 bits per heavy atom. The molecule has 3 saturated carbocycles. The van der Waals surface area contributed by atoms with Crippen molar-refractivity contribution in [1.29, 1.82) is 0 Å². The highest BCUT2D eigenvalue weighted by Crippen LogP contribution is 2.61. The third kappa shape index (κ3) is 3.62. The Kier molecular flexibility index (Phi) is 5.08. The van der Waals surface area contributed by atoms with E-state index in [1.807, 2.05) is 35.2 Å². The SMILES string of the molecule is C[C@H]1[C@H](N2CC(=O)OB(/C=C/c3ccccc3)OC(=O)C2)C[C@@H]2C[C@H]1C2(C)C. The Morgan fingerprint density at radius 1 is 1.07 bits per heavy atom. The van der Waals surface area contributed by atoms with Crippen LogP contribution in [-0.4, -0.2) is 43.1 Å². The molecule has 3 aliphatic carbocycles. The van der Waals surface area contributed by atoms with Crippen LogP contribution in [0.25, 0.3) is 6.08 Å². The molecule has 5 nitrogen and oxygen atoms in total. The van der Waals surface area contributed by atoms with Crippen LogP contribution in [0, 0.1) is 23.2 Å². The lowest BCUT2D eigenvalue weighted by atomic mass is 9.44. The van der Waals surface area contributed by atoms with Gasteiger partial charge in [-0.2, -0.15) is 0 Å². The molecule has 5 rings (SSSR count). The molecule has 1 aromatic rings. The van der Waals surface area contributed by atoms with E-state index in [0.717, 1.165) is 12.0 Å². The van der Waals surface area contributed by atoms with Crippen molar-refractivity contribution in [3.05, 3.63) is 41.9 Å². The molecule has 2 bridgehead atoms. The van der Waals surface area contributed by atoms with Gasteiger partial charge in [0.2, 0.25) is 0 Å². The van der Waals surface area contributed by atoms with Crippen molar-refractivity contribution < 1.29 is 18.9 Å². The van der Waals surface area contributed by atoms with E-state index in [-0.39, 0.29) is 31.1 Å². The standard InChI is InChI=1S/C22H28BNO4/c1-15-18-11-17(22(18,2)3)12-19(15)24-13-20(25)27-23(28-21(26)14-24)10-9-16-7-5-4-6-8-16/h4-10,15,17-19H,11-14H2,1-3H3/b10-9+/t15-,17+,18-,19-/m1/s1. The lowest BCUT2D eigenvalue weighted by Crippen LogP contribution is -2.62. The average Bonchev–Trinajstić information content (AvgIpc) is 2.64. The molecule has 0 aromatic heterocycles. The number of hydrogen-bond acceptors (Lipinski definition) is 5. The zero-order valence-electron chi connectivity index (χ0n) is 16.8. The summed E-state index contributed by atoms with van der Waals surface area (Å²) < 4.78 is 10.8. The Labute approximate surface area is 167 Å². The first-order valence-corrected chi connectivity index (χ1v) is 10.2. The molecule has 4 aliphatic rings. The zero-order valence-corrected chi connectivity index (χ0v) is 16.8. The van der Waals surface area contributed by atoms with Gasteiger partial charge in [0.15, 0.2) is 0 Å². The molecule has 28 heavy (non-hydrogen) atoms. The van der Waals surface area contributed by atoms with Gasteiger partial charge in [0.25, 0.3) is 0 Å². The summed E-state index contributed by atoms with van der Waals surface area (Å²) >= 11 is 0. The number of benzene rings is 1. The minimum atomic E-state index is -0.974. The number of nitrogens with zero attached hydrogens (tertiary/aromatic N) is 1. The number of rotatable bonds is 3. The fraction of sp³-hybridized carbons (Fsp3) is 0.545. The minimum absolute atomic E-state index is 0.139. The highest BCUT2D eigenvalue weighted by atomic mass is 16.6. The molecule has 1 aliphatic heterocycles. The third-order valence-electron chi connectivity index (χ3n) is 7.19. The van der Waals surface area contributed by atoms with Crippen molar-refractivity contribution in [1.82, 2.24) is 4.90 Å². The van der Waals surface area contributed by atoms with E-state index in [0.29, 0.717) is 23.2 Å². The molecule has 0 unspecified atom stereocenters. The van der Waals surface area contributed by atoms with E-state index in [9.17, 15) is 9.59 Å². The molecule has 0 amide bonds. The molecule has 1 saturated heterocycles. The second kappa shape index (κ2) is 7.39. The van der Waals surface area contributed by atoms with E-state index >= 15 is 0 Å². The van der Waals surface area contributed by atoms with E-state index in [4.69, 9.17) is 9.31 Å². The second-order valence-electron chi connectivity index (χ2n) is 9.05. The summed E-state index contributed by atoms with van der Waals surface area (Å²) in [5.74, 6) is 2.69. The molecular formula is C22H28BNO4. The first kappa shape index (κ1) is 19.3. The van der Waals surface area contributed by atoms with Gasteiger partial charge < -0.3 is 9.31 Å². The van der Waals surface area contributed by atoms with Crippen LogP contribution in [0.1, 0.15) is 39.2 Å². The maximum atomic E-state index is 12.5. The summed E-state index contributed by atoms with van der Waals surface area (Å²) in [6.07, 6.45) is 4.09. The summed E-state index contributed by atoms with van der Waals surface area (Å²) in [7, 11) is -0.974. The van der Waals surface area contributed by atoms with E-state index in [1.165, 1.54) is 6.42 Å². The number of carbonyl (C=O) groups excluding carboxylic acids is 2. The molecule has 6 heteroatoms. The molecule has 1 aromatic carbocycles. The topological polar surface area (TPSA) is 55.8 Å². The zero-order chi connectivity index (χ0) is 19.9. The molecule has 0 N–H and O–H groups in total. The highest BCUT2D eigenvalue weighted by Gasteiger charge is 2.57. The van der Waals surface area contributed by atoms with Gasteiger partial charge in [-0.3, -0.25) is 14.5 Å². The second-order valence-corrected chi connectivity index (χ2v) is 9.05. The lowest BCUT2D eigenvalue weighted by Gasteiger charge is -2.63. The summed E-state index contributed by atoms with van der Waals surface area (Å²) in [5.41, 5.74) is 1.32. The van der Waals surface area contributed by atoms with E-state index in [2.05, 4.69) is 20.8 Å². The monoisotopic (exact) mass is 381 g/mol. The van der Waals surface area contributed by atoms with Crippen LogP contribution in [0.15, 0.2) is 36.3 Å². The maximum absolute atomic E-state index is 12.5. The van der Waals surface area contributed by atoms with Gasteiger partial charge in [0.1, 0.15) is 0 Å².